The highest BCUT2D eigenvalue weighted by Crippen LogP contribution is 2.24. The lowest BCUT2D eigenvalue weighted by Gasteiger charge is -2.14. The van der Waals surface area contributed by atoms with Crippen molar-refractivity contribution in [3.8, 4) is 22.6 Å². The largest absolute Gasteiger partial charge is 0.508 e. The number of fused-ring (bicyclic) bond motifs is 1. The zero-order valence-corrected chi connectivity index (χ0v) is 20.4. The van der Waals surface area contributed by atoms with Crippen LogP contribution in [0.4, 0.5) is 0 Å². The number of pyridine rings is 1. The number of ether oxygens (including phenoxy) is 1. The first kappa shape index (κ1) is 25.5. The second-order valence-electron chi connectivity index (χ2n) is 7.89. The topological polar surface area (TPSA) is 143 Å². The Bertz CT molecular complexity index is 1490. The number of phenols is 1. The molecule has 4 aromatic rings. The summed E-state index contributed by atoms with van der Waals surface area (Å²) in [5.74, 6) is 1.08. The van der Waals surface area contributed by atoms with Gasteiger partial charge in [-0.1, -0.05) is 29.8 Å². The average Bonchev–Trinajstić information content (AvgIpc) is 3.31. The van der Waals surface area contributed by atoms with Crippen LogP contribution >= 0.6 is 11.6 Å². The number of nitrogens with zero attached hydrogens (tertiary/aromatic N) is 4. The van der Waals surface area contributed by atoms with Crippen LogP contribution in [0.1, 0.15) is 5.56 Å². The standard InChI is InChI=1S/C16H12O4.C9H10ClN5O2/c1-19-12-5-2-10(3-6-12)14-9-20-15-8-11(17)4-7-13(15)16(14)18;10-8-2-1-7(5-12-8)6-14-4-3-11-9(14)13-15(16)17/h2-9,17H,1H3;1-2,5H,3-4,6H2,(H,11,13). The highest BCUT2D eigenvalue weighted by atomic mass is 35.5. The molecule has 1 aliphatic heterocycles. The van der Waals surface area contributed by atoms with E-state index in [4.69, 9.17) is 20.8 Å². The molecule has 0 amide bonds. The molecule has 2 aromatic heterocycles. The van der Waals surface area contributed by atoms with Crippen LogP contribution < -0.4 is 15.5 Å². The predicted molar refractivity (Wildman–Crippen MR) is 138 cm³/mol. The van der Waals surface area contributed by atoms with E-state index in [1.165, 1.54) is 18.4 Å². The number of hydrazone groups is 1. The van der Waals surface area contributed by atoms with Crippen molar-refractivity contribution in [2.24, 2.45) is 5.10 Å². The summed E-state index contributed by atoms with van der Waals surface area (Å²) in [6, 6.07) is 15.2. The second kappa shape index (κ2) is 11.4. The van der Waals surface area contributed by atoms with E-state index < -0.39 is 5.03 Å². The van der Waals surface area contributed by atoms with Gasteiger partial charge in [-0.05, 0) is 41.5 Å². The molecule has 37 heavy (non-hydrogen) atoms. The molecule has 0 aliphatic carbocycles. The van der Waals surface area contributed by atoms with Crippen LogP contribution in [-0.2, 0) is 6.54 Å². The van der Waals surface area contributed by atoms with Gasteiger partial charge in [0, 0.05) is 31.9 Å². The smallest absolute Gasteiger partial charge is 0.271 e. The first-order valence-corrected chi connectivity index (χ1v) is 11.4. The molecule has 1 saturated heterocycles. The highest BCUT2D eigenvalue weighted by Gasteiger charge is 2.21. The first-order chi connectivity index (χ1) is 17.8. The van der Waals surface area contributed by atoms with Gasteiger partial charge in [0.1, 0.15) is 33.6 Å². The summed E-state index contributed by atoms with van der Waals surface area (Å²) in [5, 5.41) is 26.0. The summed E-state index contributed by atoms with van der Waals surface area (Å²) in [6.45, 7) is 1.84. The minimum Gasteiger partial charge on any atom is -0.508 e. The summed E-state index contributed by atoms with van der Waals surface area (Å²) in [7, 11) is 1.59. The van der Waals surface area contributed by atoms with Gasteiger partial charge in [0.2, 0.25) is 0 Å². The minimum absolute atomic E-state index is 0.0675. The van der Waals surface area contributed by atoms with Crippen LogP contribution in [0.25, 0.3) is 22.1 Å². The molecule has 0 radical (unpaired) electrons. The van der Waals surface area contributed by atoms with Gasteiger partial charge < -0.3 is 24.5 Å². The van der Waals surface area contributed by atoms with E-state index in [9.17, 15) is 20.0 Å². The lowest BCUT2D eigenvalue weighted by molar-refractivity contribution is -0.485. The molecule has 190 valence electrons. The maximum absolute atomic E-state index is 12.4. The molecule has 0 bridgehead atoms. The minimum atomic E-state index is -0.708. The van der Waals surface area contributed by atoms with Crippen molar-refractivity contribution in [1.82, 2.24) is 15.2 Å². The third-order valence-corrected chi connectivity index (χ3v) is 5.69. The Morgan fingerprint density at radius 2 is 2.03 bits per heavy atom. The Kier molecular flexibility index (Phi) is 7.84. The third kappa shape index (κ3) is 6.33. The zero-order valence-electron chi connectivity index (χ0n) is 19.6. The number of aromatic hydroxyl groups is 1. The van der Waals surface area contributed by atoms with Crippen molar-refractivity contribution in [2.75, 3.05) is 20.2 Å². The van der Waals surface area contributed by atoms with E-state index in [1.807, 2.05) is 6.07 Å². The number of rotatable bonds is 5. The summed E-state index contributed by atoms with van der Waals surface area (Å²) < 4.78 is 10.5. The Morgan fingerprint density at radius 3 is 2.70 bits per heavy atom. The van der Waals surface area contributed by atoms with Gasteiger partial charge in [0.15, 0.2) is 10.5 Å². The number of aromatic nitrogens is 1. The van der Waals surface area contributed by atoms with E-state index >= 15 is 0 Å². The van der Waals surface area contributed by atoms with Crippen LogP contribution in [-0.4, -0.2) is 46.2 Å². The fraction of sp³-hybridized carbons (Fsp3) is 0.160. The normalized spacial score (nSPS) is 13.7. The van der Waals surface area contributed by atoms with Crippen molar-refractivity contribution < 1.29 is 19.3 Å². The van der Waals surface area contributed by atoms with Crippen molar-refractivity contribution in [2.45, 2.75) is 6.54 Å². The van der Waals surface area contributed by atoms with Gasteiger partial charge in [0.05, 0.1) is 18.1 Å². The van der Waals surface area contributed by atoms with Crippen molar-refractivity contribution in [3.63, 3.8) is 0 Å². The fourth-order valence-corrected chi connectivity index (χ4v) is 3.77. The fourth-order valence-electron chi connectivity index (χ4n) is 3.66. The summed E-state index contributed by atoms with van der Waals surface area (Å²) >= 11 is 5.68. The Labute approximate surface area is 215 Å². The zero-order chi connectivity index (χ0) is 26.4. The van der Waals surface area contributed by atoms with E-state index in [1.54, 1.807) is 54.6 Å². The van der Waals surface area contributed by atoms with Crippen molar-refractivity contribution in [3.05, 3.63) is 98.1 Å². The molecule has 2 N–H and O–H groups in total. The molecular formula is C25H22ClN5O6. The molecule has 0 saturated carbocycles. The van der Waals surface area contributed by atoms with Gasteiger partial charge in [0.25, 0.3) is 5.96 Å². The van der Waals surface area contributed by atoms with E-state index in [2.05, 4.69) is 15.4 Å². The third-order valence-electron chi connectivity index (χ3n) is 5.46. The molecular weight excluding hydrogens is 502 g/mol. The van der Waals surface area contributed by atoms with Crippen LogP contribution in [0.3, 0.4) is 0 Å². The molecule has 12 heteroatoms. The number of hydrogen-bond acceptors (Lipinski definition) is 7. The number of nitrogens with one attached hydrogen (secondary N) is 1. The lowest BCUT2D eigenvalue weighted by Crippen LogP contribution is -2.30. The lowest BCUT2D eigenvalue weighted by atomic mass is 10.1. The van der Waals surface area contributed by atoms with Crippen molar-refractivity contribution >= 4 is 28.5 Å². The molecule has 11 nitrogen and oxygen atoms in total. The summed E-state index contributed by atoms with van der Waals surface area (Å²) in [4.78, 5) is 28.5. The predicted octanol–water partition coefficient (Wildman–Crippen LogP) is 3.86. The molecule has 2 aromatic carbocycles. The van der Waals surface area contributed by atoms with Gasteiger partial charge in [-0.25, -0.2) is 15.1 Å². The number of methoxy groups -OCH3 is 1. The maximum atomic E-state index is 12.4. The molecule has 0 spiro atoms. The molecule has 1 aliphatic rings. The molecule has 1 fully saturated rings. The van der Waals surface area contributed by atoms with E-state index in [0.29, 0.717) is 41.3 Å². The number of nitro groups is 1. The number of halogens is 1. The van der Waals surface area contributed by atoms with E-state index in [0.717, 1.165) is 16.9 Å². The van der Waals surface area contributed by atoms with Crippen LogP contribution in [0.15, 0.2) is 81.4 Å². The number of hydrogen-bond donors (Lipinski definition) is 2. The number of guanidine groups is 1. The summed E-state index contributed by atoms with van der Waals surface area (Å²) in [6.07, 6.45) is 3.05. The average molecular weight is 524 g/mol. The Hall–Kier alpha value is -4.64. The van der Waals surface area contributed by atoms with Crippen LogP contribution in [0.2, 0.25) is 5.15 Å². The second-order valence-corrected chi connectivity index (χ2v) is 8.27. The molecule has 0 unspecified atom stereocenters. The number of phenolic OH excluding ortho intramolecular Hbond substituents is 1. The SMILES string of the molecule is COc1ccc(-c2coc3cc(O)ccc3c2=O)cc1.O=[N+]([O-])/N=C1\NCCN1Cc1ccc(Cl)nc1. The van der Waals surface area contributed by atoms with Gasteiger partial charge in [-0.15, -0.1) is 0 Å². The van der Waals surface area contributed by atoms with Gasteiger partial charge in [-0.2, -0.15) is 0 Å². The highest BCUT2D eigenvalue weighted by molar-refractivity contribution is 6.29. The molecule has 5 rings (SSSR count). The van der Waals surface area contributed by atoms with Gasteiger partial charge >= 0.3 is 0 Å². The van der Waals surface area contributed by atoms with Crippen LogP contribution in [0.5, 0.6) is 11.5 Å². The monoisotopic (exact) mass is 523 g/mol. The van der Waals surface area contributed by atoms with E-state index in [-0.39, 0.29) is 17.1 Å². The molecule has 3 heterocycles. The number of benzene rings is 2. The van der Waals surface area contributed by atoms with Gasteiger partial charge in [-0.3, -0.25) is 4.79 Å². The summed E-state index contributed by atoms with van der Waals surface area (Å²) in [5.41, 5.74) is 2.40. The van der Waals surface area contributed by atoms with Crippen molar-refractivity contribution in [1.29, 1.82) is 0 Å². The molecule has 0 atom stereocenters. The Balaban J connectivity index is 0.000000176. The first-order valence-electron chi connectivity index (χ1n) is 11.1. The maximum Gasteiger partial charge on any atom is 0.271 e. The Morgan fingerprint density at radius 1 is 1.24 bits per heavy atom. The quantitative estimate of drug-likeness (QED) is 0.226. The van der Waals surface area contributed by atoms with Crippen LogP contribution in [0, 0.1) is 10.1 Å².